The van der Waals surface area contributed by atoms with Crippen LogP contribution in [0.25, 0.3) is 10.4 Å². The largest absolute Gasteiger partial charge is 0.462 e. The summed E-state index contributed by atoms with van der Waals surface area (Å²) in [7, 11) is -5.25. The number of methoxy groups -OCH3 is 1. The van der Waals surface area contributed by atoms with Gasteiger partial charge in [-0.05, 0) is 98.2 Å². The maximum Gasteiger partial charge on any atom is 0.407 e. The van der Waals surface area contributed by atoms with E-state index in [1.807, 2.05) is 26.0 Å². The van der Waals surface area contributed by atoms with E-state index >= 15 is 0 Å². The van der Waals surface area contributed by atoms with Crippen molar-refractivity contribution < 1.29 is 46.6 Å². The zero-order valence-corrected chi connectivity index (χ0v) is 56.9. The lowest BCUT2D eigenvalue weighted by molar-refractivity contribution is -0.177. The number of allylic oxidation sites excluding steroid dienone is 3. The van der Waals surface area contributed by atoms with Crippen LogP contribution in [0.1, 0.15) is 141 Å². The molecule has 1 aromatic rings. The van der Waals surface area contributed by atoms with Gasteiger partial charge in [-0.15, -0.1) is 0 Å². The van der Waals surface area contributed by atoms with Crippen molar-refractivity contribution in [2.45, 2.75) is 222 Å². The number of hydrogen-bond donors (Lipinski definition) is 2. The summed E-state index contributed by atoms with van der Waals surface area (Å²) in [6.07, 6.45) is 10.8. The molecule has 2 amide bonds. The van der Waals surface area contributed by atoms with Gasteiger partial charge in [0.05, 0.1) is 30.3 Å². The Morgan fingerprint density at radius 1 is 0.787 bits per heavy atom. The zero-order chi connectivity index (χ0) is 61.4. The number of rotatable bonds is 30. The SMILES string of the molecule is C=C/C=C\[C@H](C)[C@H](OC(=O)NCCNC(=O)c1ccc(N=[N+]=[N-])cc1)[C@@H](C)[C@H](O[Si](C)(C)C(C)(C)C)[C@@H](C)C/C(C)=C\[C@H](C)[C@@H](OCOC)[C@@H](C)/C=C\[C@H](C[C@@H]1OC(=O)[C@H](C)[C@@H](O[Si](C)(C)C(C)(C)C)[C@H]1C)O[Si](C)(C)C(C)(C)C. The van der Waals surface area contributed by atoms with Crippen molar-refractivity contribution in [3.63, 3.8) is 0 Å². The van der Waals surface area contributed by atoms with Crippen LogP contribution in [0.15, 0.2) is 78.0 Å². The molecule has 80 heavy (non-hydrogen) atoms. The molecule has 13 atom stereocenters. The fourth-order valence-corrected chi connectivity index (χ4v) is 13.7. The van der Waals surface area contributed by atoms with E-state index in [2.05, 4.69) is 189 Å². The monoisotopic (exact) mass is 1170 g/mol. The van der Waals surface area contributed by atoms with Crippen LogP contribution in [-0.2, 0) is 37.0 Å². The number of ether oxygens (including phenoxy) is 4. The van der Waals surface area contributed by atoms with E-state index in [-0.39, 0.29) is 119 Å². The first-order valence-electron chi connectivity index (χ1n) is 29.1. The molecule has 2 N–H and O–H groups in total. The molecule has 1 saturated heterocycles. The molecular weight excluding hydrogens is 1060 g/mol. The van der Waals surface area contributed by atoms with Gasteiger partial charge < -0.3 is 42.9 Å². The van der Waals surface area contributed by atoms with Crippen LogP contribution in [0.5, 0.6) is 0 Å². The van der Waals surface area contributed by atoms with Crippen molar-refractivity contribution in [1.29, 1.82) is 0 Å². The summed E-state index contributed by atoms with van der Waals surface area (Å²) in [6, 6.07) is 6.28. The van der Waals surface area contributed by atoms with E-state index in [1.54, 1.807) is 37.5 Å². The number of nitrogens with one attached hydrogen (secondary N) is 2. The van der Waals surface area contributed by atoms with Crippen molar-refractivity contribution in [3.05, 3.63) is 88.9 Å². The quantitative estimate of drug-likeness (QED) is 0.00863. The van der Waals surface area contributed by atoms with Crippen molar-refractivity contribution in [2.75, 3.05) is 27.0 Å². The van der Waals surface area contributed by atoms with E-state index < -0.39 is 37.1 Å². The first-order chi connectivity index (χ1) is 36.7. The number of benzene rings is 1. The van der Waals surface area contributed by atoms with Crippen molar-refractivity contribution in [2.24, 2.45) is 46.5 Å². The number of cyclic esters (lactones) is 1. The Labute approximate surface area is 487 Å². The Hall–Kier alpha value is -3.85. The van der Waals surface area contributed by atoms with E-state index in [4.69, 9.17) is 37.8 Å². The van der Waals surface area contributed by atoms with Crippen molar-refractivity contribution in [1.82, 2.24) is 10.6 Å². The first kappa shape index (κ1) is 72.3. The van der Waals surface area contributed by atoms with Gasteiger partial charge in [-0.2, -0.15) is 0 Å². The second-order valence-electron chi connectivity index (χ2n) is 27.4. The minimum atomic E-state index is -2.38. The standard InChI is InChI=1S/C62H109N5O10Si3/c1-26-27-28-42(3)54(74-59(70)65-36-35-64-57(68)49-30-32-50(33-31-49)66-67-63)47(8)55(76-79(22,23)61(13,14)15)45(6)38-41(2)37-44(5)53(72-40-71-19)43(4)29-34-51(75-78(20,21)60(10,11)12)39-52-46(7)56(48(9)58(69)73-52)77-80(24,25)62(16,17)18/h26-34,37,42-48,51-56H,1,35-36,38-40H2,2-25H3,(H,64,68)(H,65,70)/b28-27-,34-29-,41-37-/t42-,43-,44-,45-,46-,47+,48+,51+,52-,53-,54-,55+,56-/m0/s1. The highest BCUT2D eigenvalue weighted by molar-refractivity contribution is 6.75. The molecule has 0 bridgehead atoms. The third-order valence-electron chi connectivity index (χ3n) is 17.5. The van der Waals surface area contributed by atoms with Crippen molar-refractivity contribution in [3.8, 4) is 0 Å². The topological polar surface area (TPSA) is 189 Å². The number of nitrogens with zero attached hydrogens (tertiary/aromatic N) is 3. The lowest BCUT2D eigenvalue weighted by Crippen LogP contribution is -2.55. The van der Waals surface area contributed by atoms with Gasteiger partial charge in [0.15, 0.2) is 25.0 Å². The third-order valence-corrected chi connectivity index (χ3v) is 31.0. The predicted octanol–water partition coefficient (Wildman–Crippen LogP) is 16.0. The molecule has 0 aromatic heterocycles. The molecule has 0 unspecified atom stereocenters. The molecule has 0 radical (unpaired) electrons. The maximum atomic E-state index is 13.6. The maximum absolute atomic E-state index is 13.6. The van der Waals surface area contributed by atoms with E-state index in [1.165, 1.54) is 5.57 Å². The molecule has 18 heteroatoms. The van der Waals surface area contributed by atoms with Crippen LogP contribution in [0.2, 0.25) is 54.4 Å². The van der Waals surface area contributed by atoms with Gasteiger partial charge in [0.25, 0.3) is 5.91 Å². The van der Waals surface area contributed by atoms with Gasteiger partial charge in [-0.3, -0.25) is 9.59 Å². The summed E-state index contributed by atoms with van der Waals surface area (Å²) < 4.78 is 46.2. The molecule has 1 fully saturated rings. The highest BCUT2D eigenvalue weighted by Gasteiger charge is 2.49. The van der Waals surface area contributed by atoms with Gasteiger partial charge in [-0.1, -0.05) is 170 Å². The molecular formula is C62H109N5O10Si3. The zero-order valence-electron chi connectivity index (χ0n) is 53.9. The Morgan fingerprint density at radius 2 is 1.34 bits per heavy atom. The number of carbonyl (C=O) groups is 3. The van der Waals surface area contributed by atoms with Crippen LogP contribution in [0.4, 0.5) is 10.5 Å². The van der Waals surface area contributed by atoms with Crippen LogP contribution in [0, 0.1) is 41.4 Å². The molecule has 1 aromatic carbocycles. The van der Waals surface area contributed by atoms with Crippen LogP contribution < -0.4 is 10.6 Å². The minimum Gasteiger partial charge on any atom is -0.462 e. The molecule has 0 saturated carbocycles. The Bertz CT molecular complexity index is 2280. The smallest absolute Gasteiger partial charge is 0.407 e. The Morgan fingerprint density at radius 3 is 1.88 bits per heavy atom. The highest BCUT2D eigenvalue weighted by Crippen LogP contribution is 2.44. The number of amides is 2. The summed E-state index contributed by atoms with van der Waals surface area (Å²) in [5.41, 5.74) is 10.7. The average Bonchev–Trinajstić information content (AvgIpc) is 3.34. The molecule has 1 aliphatic rings. The van der Waals surface area contributed by atoms with E-state index in [0.29, 0.717) is 17.7 Å². The summed E-state index contributed by atoms with van der Waals surface area (Å²) >= 11 is 0. The van der Waals surface area contributed by atoms with Gasteiger partial charge in [0.2, 0.25) is 0 Å². The Balaban J connectivity index is 2.49. The van der Waals surface area contributed by atoms with Crippen molar-refractivity contribution >= 4 is 48.6 Å². The second-order valence-corrected chi connectivity index (χ2v) is 41.7. The summed E-state index contributed by atoms with van der Waals surface area (Å²) in [5.74, 6) is -1.45. The fraction of sp³-hybridized carbons (Fsp3) is 0.726. The molecule has 15 nitrogen and oxygen atoms in total. The molecule has 1 heterocycles. The first-order valence-corrected chi connectivity index (χ1v) is 37.8. The lowest BCUT2D eigenvalue weighted by atomic mass is 9.81. The number of azide groups is 1. The normalized spacial score (nSPS) is 21.6. The summed E-state index contributed by atoms with van der Waals surface area (Å²) in [4.78, 5) is 42.8. The van der Waals surface area contributed by atoms with E-state index in [9.17, 15) is 14.4 Å². The Kier molecular flexibility index (Phi) is 28.1. The highest BCUT2D eigenvalue weighted by atomic mass is 28.4. The number of hydrogen-bond acceptors (Lipinski definition) is 11. The van der Waals surface area contributed by atoms with Crippen LogP contribution >= 0.6 is 0 Å². The second kappa shape index (κ2) is 31.2. The van der Waals surface area contributed by atoms with Crippen LogP contribution in [0.3, 0.4) is 0 Å². The fourth-order valence-electron chi connectivity index (χ4n) is 9.52. The average molecular weight is 1170 g/mol. The van der Waals surface area contributed by atoms with Crippen LogP contribution in [-0.4, -0.2) is 107 Å². The summed E-state index contributed by atoms with van der Waals surface area (Å²) in [5, 5.41) is 9.05. The van der Waals surface area contributed by atoms with Gasteiger partial charge in [0, 0.05) is 72.4 Å². The number of esters is 1. The summed E-state index contributed by atoms with van der Waals surface area (Å²) in [6.45, 7) is 55.0. The number of alkyl carbamates (subject to hydrolysis) is 1. The molecule has 0 aliphatic carbocycles. The van der Waals surface area contributed by atoms with Gasteiger partial charge >= 0.3 is 12.1 Å². The molecule has 454 valence electrons. The lowest BCUT2D eigenvalue weighted by Gasteiger charge is -2.47. The third kappa shape index (κ3) is 21.7. The number of carbonyl (C=O) groups excluding carboxylic acids is 3. The predicted molar refractivity (Wildman–Crippen MR) is 334 cm³/mol. The molecule has 2 rings (SSSR count). The van der Waals surface area contributed by atoms with E-state index in [0.717, 1.165) is 6.42 Å². The minimum absolute atomic E-state index is 0.0108. The van der Waals surface area contributed by atoms with Gasteiger partial charge in [-0.25, -0.2) is 4.79 Å². The molecule has 0 spiro atoms. The molecule has 1 aliphatic heterocycles. The van der Waals surface area contributed by atoms with Gasteiger partial charge in [0.1, 0.15) is 19.0 Å².